The van der Waals surface area contributed by atoms with Gasteiger partial charge in [-0.2, -0.15) is 0 Å². The summed E-state index contributed by atoms with van der Waals surface area (Å²) in [7, 11) is 1.67. The number of ether oxygens (including phenoxy) is 1. The Hall–Kier alpha value is -1.28. The van der Waals surface area contributed by atoms with Gasteiger partial charge in [-0.3, -0.25) is 0 Å². The molecule has 2 heteroatoms. The Morgan fingerprint density at radius 2 is 2.12 bits per heavy atom. The highest BCUT2D eigenvalue weighted by Crippen LogP contribution is 2.32. The van der Waals surface area contributed by atoms with Crippen molar-refractivity contribution in [2.45, 2.75) is 38.7 Å². The zero-order chi connectivity index (χ0) is 12.3. The summed E-state index contributed by atoms with van der Waals surface area (Å²) < 4.78 is 5.29. The molecule has 1 unspecified atom stereocenters. The van der Waals surface area contributed by atoms with E-state index in [0.29, 0.717) is 0 Å². The van der Waals surface area contributed by atoms with Gasteiger partial charge < -0.3 is 9.84 Å². The van der Waals surface area contributed by atoms with E-state index in [9.17, 15) is 5.11 Å². The SMILES string of the molecule is COc1cc(C(O)C2=CCCCC2)ccc1C. The molecular weight excluding hydrogens is 212 g/mol. The third-order valence-corrected chi connectivity index (χ3v) is 3.43. The Morgan fingerprint density at radius 3 is 2.76 bits per heavy atom. The van der Waals surface area contributed by atoms with Crippen LogP contribution in [-0.2, 0) is 0 Å². The van der Waals surface area contributed by atoms with Gasteiger partial charge in [-0.15, -0.1) is 0 Å². The third kappa shape index (κ3) is 2.70. The van der Waals surface area contributed by atoms with Crippen LogP contribution in [0.2, 0.25) is 0 Å². The van der Waals surface area contributed by atoms with Crippen LogP contribution in [0.3, 0.4) is 0 Å². The first-order chi connectivity index (χ1) is 8.22. The molecule has 1 aliphatic carbocycles. The first kappa shape index (κ1) is 12.2. The molecule has 0 bridgehead atoms. The molecule has 0 heterocycles. The second-order valence-corrected chi connectivity index (χ2v) is 4.66. The summed E-state index contributed by atoms with van der Waals surface area (Å²) in [6, 6.07) is 5.92. The first-order valence-corrected chi connectivity index (χ1v) is 6.24. The van der Waals surface area contributed by atoms with Crippen molar-refractivity contribution < 1.29 is 9.84 Å². The Labute approximate surface area is 103 Å². The van der Waals surface area contributed by atoms with Crippen LogP contribution < -0.4 is 4.74 Å². The van der Waals surface area contributed by atoms with E-state index in [1.807, 2.05) is 25.1 Å². The second kappa shape index (κ2) is 5.37. The summed E-state index contributed by atoms with van der Waals surface area (Å²) in [6.45, 7) is 2.01. The van der Waals surface area contributed by atoms with Crippen molar-refractivity contribution in [2.24, 2.45) is 0 Å². The Kier molecular flexibility index (Phi) is 3.85. The van der Waals surface area contributed by atoms with E-state index >= 15 is 0 Å². The first-order valence-electron chi connectivity index (χ1n) is 6.24. The number of aliphatic hydroxyl groups is 1. The maximum Gasteiger partial charge on any atom is 0.122 e. The standard InChI is InChI=1S/C15H20O2/c1-11-8-9-13(10-14(11)17-2)15(16)12-6-4-3-5-7-12/h6,8-10,15-16H,3-5,7H2,1-2H3. The normalized spacial score (nSPS) is 17.5. The molecule has 0 amide bonds. The number of rotatable bonds is 3. The smallest absolute Gasteiger partial charge is 0.122 e. The minimum atomic E-state index is -0.468. The molecule has 2 nitrogen and oxygen atoms in total. The van der Waals surface area contributed by atoms with Crippen LogP contribution in [0, 0.1) is 6.92 Å². The summed E-state index contributed by atoms with van der Waals surface area (Å²) in [6.07, 6.45) is 6.25. The summed E-state index contributed by atoms with van der Waals surface area (Å²) in [5, 5.41) is 10.3. The molecule has 0 saturated heterocycles. The highest BCUT2D eigenvalue weighted by molar-refractivity contribution is 5.39. The van der Waals surface area contributed by atoms with Gasteiger partial charge in [0, 0.05) is 0 Å². The molecule has 0 fully saturated rings. The second-order valence-electron chi connectivity index (χ2n) is 4.66. The van der Waals surface area contributed by atoms with E-state index in [0.717, 1.165) is 35.3 Å². The number of aryl methyl sites for hydroxylation is 1. The van der Waals surface area contributed by atoms with Crippen molar-refractivity contribution in [3.8, 4) is 5.75 Å². The molecule has 0 aliphatic heterocycles. The molecule has 92 valence electrons. The zero-order valence-electron chi connectivity index (χ0n) is 10.6. The van der Waals surface area contributed by atoms with Crippen LogP contribution >= 0.6 is 0 Å². The highest BCUT2D eigenvalue weighted by atomic mass is 16.5. The fourth-order valence-electron chi connectivity index (χ4n) is 2.33. The van der Waals surface area contributed by atoms with Crippen LogP contribution in [0.1, 0.15) is 42.9 Å². The monoisotopic (exact) mass is 232 g/mol. The van der Waals surface area contributed by atoms with Crippen molar-refractivity contribution in [2.75, 3.05) is 7.11 Å². The van der Waals surface area contributed by atoms with E-state index in [1.54, 1.807) is 7.11 Å². The topological polar surface area (TPSA) is 29.5 Å². The zero-order valence-corrected chi connectivity index (χ0v) is 10.6. The van der Waals surface area contributed by atoms with Crippen LogP contribution in [0.15, 0.2) is 29.8 Å². The number of allylic oxidation sites excluding steroid dienone is 1. The minimum absolute atomic E-state index is 0.468. The molecule has 0 saturated carbocycles. The molecule has 0 spiro atoms. The molecule has 17 heavy (non-hydrogen) atoms. The van der Waals surface area contributed by atoms with Gasteiger partial charge in [-0.1, -0.05) is 18.2 Å². The van der Waals surface area contributed by atoms with Gasteiger partial charge in [0.15, 0.2) is 0 Å². The molecule has 1 aromatic rings. The van der Waals surface area contributed by atoms with E-state index < -0.39 is 6.10 Å². The fraction of sp³-hybridized carbons (Fsp3) is 0.467. The number of aliphatic hydroxyl groups excluding tert-OH is 1. The van der Waals surface area contributed by atoms with Gasteiger partial charge in [0.05, 0.1) is 7.11 Å². The van der Waals surface area contributed by atoms with Crippen LogP contribution in [0.5, 0.6) is 5.75 Å². The molecule has 1 aromatic carbocycles. The van der Waals surface area contributed by atoms with Crippen LogP contribution in [0.4, 0.5) is 0 Å². The molecule has 1 atom stereocenters. The average molecular weight is 232 g/mol. The Balaban J connectivity index is 2.24. The van der Waals surface area contributed by atoms with Gasteiger partial charge in [0.2, 0.25) is 0 Å². The number of hydrogen-bond acceptors (Lipinski definition) is 2. The van der Waals surface area contributed by atoms with Gasteiger partial charge >= 0.3 is 0 Å². The lowest BCUT2D eigenvalue weighted by atomic mass is 9.91. The minimum Gasteiger partial charge on any atom is -0.496 e. The maximum atomic E-state index is 10.3. The van der Waals surface area contributed by atoms with Gasteiger partial charge in [-0.25, -0.2) is 0 Å². The lowest BCUT2D eigenvalue weighted by Gasteiger charge is -2.19. The summed E-state index contributed by atoms with van der Waals surface area (Å²) in [5.74, 6) is 0.845. The molecule has 2 rings (SSSR count). The predicted octanol–water partition coefficient (Wildman–Crippen LogP) is 3.54. The van der Waals surface area contributed by atoms with Crippen molar-refractivity contribution >= 4 is 0 Å². The van der Waals surface area contributed by atoms with E-state index in [4.69, 9.17) is 4.74 Å². The largest absolute Gasteiger partial charge is 0.496 e. The van der Waals surface area contributed by atoms with Crippen molar-refractivity contribution in [1.29, 1.82) is 0 Å². The molecule has 0 aromatic heterocycles. The average Bonchev–Trinajstić information content (AvgIpc) is 2.39. The fourth-order valence-corrected chi connectivity index (χ4v) is 2.33. The third-order valence-electron chi connectivity index (χ3n) is 3.43. The summed E-state index contributed by atoms with van der Waals surface area (Å²) in [4.78, 5) is 0. The van der Waals surface area contributed by atoms with Crippen molar-refractivity contribution in [3.63, 3.8) is 0 Å². The predicted molar refractivity (Wildman–Crippen MR) is 69.2 cm³/mol. The lowest BCUT2D eigenvalue weighted by Crippen LogP contribution is -2.05. The Bertz CT molecular complexity index is 421. The molecule has 1 N–H and O–H groups in total. The molecule has 0 radical (unpaired) electrons. The molecular formula is C15H20O2. The number of methoxy groups -OCH3 is 1. The highest BCUT2D eigenvalue weighted by Gasteiger charge is 2.16. The van der Waals surface area contributed by atoms with Crippen LogP contribution in [0.25, 0.3) is 0 Å². The quantitative estimate of drug-likeness (QED) is 0.808. The Morgan fingerprint density at radius 1 is 1.29 bits per heavy atom. The van der Waals surface area contributed by atoms with Gasteiger partial charge in [0.1, 0.15) is 11.9 Å². The summed E-state index contributed by atoms with van der Waals surface area (Å²) in [5.41, 5.74) is 3.18. The maximum absolute atomic E-state index is 10.3. The van der Waals surface area contributed by atoms with Crippen molar-refractivity contribution in [1.82, 2.24) is 0 Å². The lowest BCUT2D eigenvalue weighted by molar-refractivity contribution is 0.208. The van der Waals surface area contributed by atoms with Gasteiger partial charge in [-0.05, 0) is 55.4 Å². The van der Waals surface area contributed by atoms with Crippen molar-refractivity contribution in [3.05, 3.63) is 41.0 Å². The van der Waals surface area contributed by atoms with E-state index in [2.05, 4.69) is 6.08 Å². The molecule has 1 aliphatic rings. The van der Waals surface area contributed by atoms with E-state index in [1.165, 1.54) is 12.8 Å². The van der Waals surface area contributed by atoms with Crippen LogP contribution in [-0.4, -0.2) is 12.2 Å². The van der Waals surface area contributed by atoms with Gasteiger partial charge in [0.25, 0.3) is 0 Å². The summed E-state index contributed by atoms with van der Waals surface area (Å²) >= 11 is 0. The van der Waals surface area contributed by atoms with E-state index in [-0.39, 0.29) is 0 Å². The number of hydrogen-bond donors (Lipinski definition) is 1. The number of benzene rings is 1.